The zero-order valence-electron chi connectivity index (χ0n) is 10.9. The van der Waals surface area contributed by atoms with Gasteiger partial charge in [0.05, 0.1) is 18.2 Å². The lowest BCUT2D eigenvalue weighted by atomic mass is 10.1. The fourth-order valence-electron chi connectivity index (χ4n) is 1.08. The molecule has 0 bridgehead atoms. The highest BCUT2D eigenvalue weighted by Gasteiger charge is 2.26. The monoisotopic (exact) mass is 257 g/mol. The molecule has 0 heterocycles. The van der Waals surface area contributed by atoms with E-state index in [0.29, 0.717) is 13.0 Å². The standard InChI is InChI=1S/C11H22F3NO2/c1-9(7-15-8-11(12,13)14)17-6-5-10(2,3)16-4/h9,15H,5-8H2,1-4H3. The second-order valence-corrected chi connectivity index (χ2v) is 4.64. The quantitative estimate of drug-likeness (QED) is 0.724. The van der Waals surface area contributed by atoms with Gasteiger partial charge >= 0.3 is 6.18 Å². The minimum atomic E-state index is -4.17. The molecule has 3 nitrogen and oxygen atoms in total. The smallest absolute Gasteiger partial charge is 0.379 e. The summed E-state index contributed by atoms with van der Waals surface area (Å²) >= 11 is 0. The van der Waals surface area contributed by atoms with Crippen molar-refractivity contribution in [1.82, 2.24) is 5.32 Å². The Balaban J connectivity index is 3.57. The molecule has 0 saturated heterocycles. The van der Waals surface area contributed by atoms with E-state index in [1.807, 2.05) is 13.8 Å². The van der Waals surface area contributed by atoms with Crippen molar-refractivity contribution in [3.05, 3.63) is 0 Å². The molecule has 17 heavy (non-hydrogen) atoms. The summed E-state index contributed by atoms with van der Waals surface area (Å²) in [6.45, 7) is 5.28. The number of nitrogens with one attached hydrogen (secondary N) is 1. The summed E-state index contributed by atoms with van der Waals surface area (Å²) in [4.78, 5) is 0. The molecule has 0 aromatic rings. The second kappa shape index (κ2) is 7.18. The minimum Gasteiger partial charge on any atom is -0.379 e. The first kappa shape index (κ1) is 16.7. The SMILES string of the molecule is COC(C)(C)CCOC(C)CNCC(F)(F)F. The summed E-state index contributed by atoms with van der Waals surface area (Å²) < 4.78 is 46.1. The molecule has 104 valence electrons. The van der Waals surface area contributed by atoms with E-state index in [-0.39, 0.29) is 18.2 Å². The average molecular weight is 257 g/mol. The molecule has 1 atom stereocenters. The van der Waals surface area contributed by atoms with Crippen molar-refractivity contribution in [1.29, 1.82) is 0 Å². The van der Waals surface area contributed by atoms with E-state index in [1.165, 1.54) is 0 Å². The molecule has 1 N–H and O–H groups in total. The van der Waals surface area contributed by atoms with Crippen molar-refractivity contribution in [2.24, 2.45) is 0 Å². The normalized spacial score (nSPS) is 15.0. The third kappa shape index (κ3) is 10.5. The number of rotatable bonds is 8. The van der Waals surface area contributed by atoms with Crippen molar-refractivity contribution >= 4 is 0 Å². The molecule has 0 aliphatic heterocycles. The fourth-order valence-corrected chi connectivity index (χ4v) is 1.08. The molecule has 0 radical (unpaired) electrons. The number of hydrogen-bond donors (Lipinski definition) is 1. The van der Waals surface area contributed by atoms with Gasteiger partial charge in [0.1, 0.15) is 0 Å². The molecule has 0 aromatic heterocycles. The predicted molar refractivity (Wildman–Crippen MR) is 60.0 cm³/mol. The van der Waals surface area contributed by atoms with Gasteiger partial charge in [-0.05, 0) is 27.2 Å². The Morgan fingerprint density at radius 1 is 1.24 bits per heavy atom. The van der Waals surface area contributed by atoms with Crippen molar-refractivity contribution in [3.63, 3.8) is 0 Å². The Labute approximate surface area is 101 Å². The summed E-state index contributed by atoms with van der Waals surface area (Å²) in [6.07, 6.45) is -3.71. The lowest BCUT2D eigenvalue weighted by molar-refractivity contribution is -0.125. The molecule has 0 aliphatic carbocycles. The summed E-state index contributed by atoms with van der Waals surface area (Å²) in [5.41, 5.74) is -0.265. The van der Waals surface area contributed by atoms with Crippen LogP contribution < -0.4 is 5.32 Å². The molecule has 0 aromatic carbocycles. The van der Waals surface area contributed by atoms with Crippen molar-refractivity contribution < 1.29 is 22.6 Å². The summed E-state index contributed by atoms with van der Waals surface area (Å²) in [5.74, 6) is 0. The molecule has 0 fully saturated rings. The van der Waals surface area contributed by atoms with Crippen LogP contribution in [0.25, 0.3) is 0 Å². The maximum Gasteiger partial charge on any atom is 0.401 e. The molecule has 0 saturated carbocycles. The third-order valence-electron chi connectivity index (χ3n) is 2.42. The maximum absolute atomic E-state index is 11.8. The van der Waals surface area contributed by atoms with Gasteiger partial charge in [0, 0.05) is 20.3 Å². The molecular weight excluding hydrogens is 235 g/mol. The van der Waals surface area contributed by atoms with E-state index in [2.05, 4.69) is 5.32 Å². The Bertz CT molecular complexity index is 207. The Morgan fingerprint density at radius 3 is 2.29 bits per heavy atom. The molecule has 1 unspecified atom stereocenters. The molecular formula is C11H22F3NO2. The molecule has 0 amide bonds. The van der Waals surface area contributed by atoms with E-state index < -0.39 is 12.7 Å². The number of methoxy groups -OCH3 is 1. The molecule has 0 spiro atoms. The topological polar surface area (TPSA) is 30.5 Å². The Hall–Kier alpha value is -0.330. The number of alkyl halides is 3. The Kier molecular flexibility index (Phi) is 7.04. The highest BCUT2D eigenvalue weighted by molar-refractivity contribution is 4.67. The van der Waals surface area contributed by atoms with Crippen molar-refractivity contribution in [2.45, 2.75) is 45.1 Å². The first-order valence-electron chi connectivity index (χ1n) is 5.60. The highest BCUT2D eigenvalue weighted by Crippen LogP contribution is 2.13. The van der Waals surface area contributed by atoms with Gasteiger partial charge in [0.15, 0.2) is 0 Å². The predicted octanol–water partition coefficient (Wildman–Crippen LogP) is 2.36. The number of halogens is 3. The van der Waals surface area contributed by atoms with Crippen LogP contribution >= 0.6 is 0 Å². The second-order valence-electron chi connectivity index (χ2n) is 4.64. The average Bonchev–Trinajstić information content (AvgIpc) is 2.15. The minimum absolute atomic E-state index is 0.187. The molecule has 6 heteroatoms. The van der Waals surface area contributed by atoms with Gasteiger partial charge in [-0.2, -0.15) is 13.2 Å². The van der Waals surface area contributed by atoms with Gasteiger partial charge in [-0.1, -0.05) is 0 Å². The van der Waals surface area contributed by atoms with Gasteiger partial charge in [-0.3, -0.25) is 0 Å². The summed E-state index contributed by atoms with van der Waals surface area (Å²) in [6, 6.07) is 0. The van der Waals surface area contributed by atoms with Crippen LogP contribution in [0.15, 0.2) is 0 Å². The summed E-state index contributed by atoms with van der Waals surface area (Å²) in [7, 11) is 1.62. The third-order valence-corrected chi connectivity index (χ3v) is 2.42. The molecule has 0 rings (SSSR count). The molecule has 0 aliphatic rings. The van der Waals surface area contributed by atoms with Crippen LogP contribution in [0.1, 0.15) is 27.2 Å². The summed E-state index contributed by atoms with van der Waals surface area (Å²) in [5, 5.41) is 2.31. The van der Waals surface area contributed by atoms with Crippen LogP contribution in [-0.2, 0) is 9.47 Å². The van der Waals surface area contributed by atoms with Crippen LogP contribution in [0.5, 0.6) is 0 Å². The van der Waals surface area contributed by atoms with Crippen LogP contribution in [0, 0.1) is 0 Å². The van der Waals surface area contributed by atoms with Crippen LogP contribution in [0.4, 0.5) is 13.2 Å². The van der Waals surface area contributed by atoms with E-state index in [1.54, 1.807) is 14.0 Å². The lowest BCUT2D eigenvalue weighted by Gasteiger charge is -2.23. The largest absolute Gasteiger partial charge is 0.401 e. The zero-order chi connectivity index (χ0) is 13.5. The first-order chi connectivity index (χ1) is 7.66. The van der Waals surface area contributed by atoms with Gasteiger partial charge < -0.3 is 14.8 Å². The number of ether oxygens (including phenoxy) is 2. The van der Waals surface area contributed by atoms with Gasteiger partial charge in [0.25, 0.3) is 0 Å². The van der Waals surface area contributed by atoms with Crippen molar-refractivity contribution in [2.75, 3.05) is 26.8 Å². The van der Waals surface area contributed by atoms with E-state index in [0.717, 1.165) is 0 Å². The van der Waals surface area contributed by atoms with Gasteiger partial charge in [0.2, 0.25) is 0 Å². The van der Waals surface area contributed by atoms with E-state index >= 15 is 0 Å². The van der Waals surface area contributed by atoms with Crippen LogP contribution in [-0.4, -0.2) is 44.7 Å². The van der Waals surface area contributed by atoms with Crippen LogP contribution in [0.3, 0.4) is 0 Å². The van der Waals surface area contributed by atoms with Crippen LogP contribution in [0.2, 0.25) is 0 Å². The van der Waals surface area contributed by atoms with Gasteiger partial charge in [-0.15, -0.1) is 0 Å². The Morgan fingerprint density at radius 2 is 1.82 bits per heavy atom. The highest BCUT2D eigenvalue weighted by atomic mass is 19.4. The van der Waals surface area contributed by atoms with Crippen molar-refractivity contribution in [3.8, 4) is 0 Å². The first-order valence-corrected chi connectivity index (χ1v) is 5.60. The van der Waals surface area contributed by atoms with E-state index in [4.69, 9.17) is 9.47 Å². The lowest BCUT2D eigenvalue weighted by Crippen LogP contribution is -2.35. The van der Waals surface area contributed by atoms with E-state index in [9.17, 15) is 13.2 Å². The maximum atomic E-state index is 11.8. The zero-order valence-corrected chi connectivity index (χ0v) is 10.9. The fraction of sp³-hybridized carbons (Fsp3) is 1.00. The number of hydrogen-bond acceptors (Lipinski definition) is 3. The van der Waals surface area contributed by atoms with Gasteiger partial charge in [-0.25, -0.2) is 0 Å².